The average molecular weight is 843 g/mol. The summed E-state index contributed by atoms with van der Waals surface area (Å²) in [6.45, 7) is 11.9. The van der Waals surface area contributed by atoms with Gasteiger partial charge in [0.05, 0.1) is 22.4 Å². The molecule has 316 valence electrons. The molecule has 0 atom stereocenters. The van der Waals surface area contributed by atoms with Crippen molar-refractivity contribution >= 4 is 44.6 Å². The van der Waals surface area contributed by atoms with Gasteiger partial charge in [-0.05, 0) is 124 Å². The number of hydrogen-bond acceptors (Lipinski definition) is 4. The third-order valence-corrected chi connectivity index (χ3v) is 12.9. The van der Waals surface area contributed by atoms with E-state index in [-0.39, 0.29) is 5.41 Å². The predicted molar refractivity (Wildman–Crippen MR) is 272 cm³/mol. The SMILES string of the molecule is Cc1cc(-c2ccccc2)cc(C)c1-c1ccnc(-n2c3cc(Oc4cccc(N5CN(c6ccc(C(C)(C)C)cc6)c6ccccc65)c4)ccc3c3cccc(-c4ccccc4)c32)c1. The maximum atomic E-state index is 6.83. The second kappa shape index (κ2) is 16.0. The minimum absolute atomic E-state index is 0.0943. The van der Waals surface area contributed by atoms with Gasteiger partial charge in [-0.2, -0.15) is 0 Å². The Labute approximate surface area is 381 Å². The number of pyridine rings is 1. The van der Waals surface area contributed by atoms with Gasteiger partial charge in [0.1, 0.15) is 24.0 Å². The number of aryl methyl sites for hydroxylation is 2. The smallest absolute Gasteiger partial charge is 0.138 e. The van der Waals surface area contributed by atoms with Gasteiger partial charge in [0.2, 0.25) is 0 Å². The highest BCUT2D eigenvalue weighted by atomic mass is 16.5. The molecule has 65 heavy (non-hydrogen) atoms. The quantitative estimate of drug-likeness (QED) is 0.153. The van der Waals surface area contributed by atoms with E-state index in [1.165, 1.54) is 44.8 Å². The molecular formula is C60H50N4O. The molecule has 2 aromatic heterocycles. The van der Waals surface area contributed by atoms with Crippen LogP contribution in [-0.4, -0.2) is 16.2 Å². The van der Waals surface area contributed by atoms with E-state index in [4.69, 9.17) is 9.72 Å². The number of benzene rings is 8. The van der Waals surface area contributed by atoms with Crippen LogP contribution in [0, 0.1) is 13.8 Å². The molecular weight excluding hydrogens is 793 g/mol. The van der Waals surface area contributed by atoms with Gasteiger partial charge in [-0.15, -0.1) is 0 Å². The molecule has 5 heteroatoms. The Kier molecular flexibility index (Phi) is 9.84. The monoisotopic (exact) mass is 842 g/mol. The Morgan fingerprint density at radius 1 is 0.492 bits per heavy atom. The van der Waals surface area contributed by atoms with Gasteiger partial charge in [-0.3, -0.25) is 4.57 Å². The van der Waals surface area contributed by atoms with Crippen LogP contribution in [0.3, 0.4) is 0 Å². The van der Waals surface area contributed by atoms with Crippen LogP contribution in [0.15, 0.2) is 200 Å². The summed E-state index contributed by atoms with van der Waals surface area (Å²) in [5.74, 6) is 2.37. The summed E-state index contributed by atoms with van der Waals surface area (Å²) >= 11 is 0. The average Bonchev–Trinajstić information content (AvgIpc) is 3.88. The Morgan fingerprint density at radius 2 is 1.14 bits per heavy atom. The highest BCUT2D eigenvalue weighted by molar-refractivity contribution is 6.14. The van der Waals surface area contributed by atoms with Gasteiger partial charge in [0, 0.05) is 46.0 Å². The zero-order valence-corrected chi connectivity index (χ0v) is 37.5. The first kappa shape index (κ1) is 39.9. The van der Waals surface area contributed by atoms with Crippen molar-refractivity contribution in [1.29, 1.82) is 0 Å². The van der Waals surface area contributed by atoms with Crippen molar-refractivity contribution in [3.05, 3.63) is 217 Å². The molecule has 0 fully saturated rings. The van der Waals surface area contributed by atoms with E-state index >= 15 is 0 Å². The molecule has 3 heterocycles. The number of fused-ring (bicyclic) bond motifs is 4. The summed E-state index contributed by atoms with van der Waals surface area (Å²) in [6, 6.07) is 69.4. The molecule has 1 aliphatic rings. The van der Waals surface area contributed by atoms with Crippen molar-refractivity contribution in [1.82, 2.24) is 9.55 Å². The Hall–Kier alpha value is -7.89. The van der Waals surface area contributed by atoms with E-state index in [2.05, 4.69) is 237 Å². The Morgan fingerprint density at radius 3 is 1.85 bits per heavy atom. The zero-order chi connectivity index (χ0) is 44.2. The number of nitrogens with zero attached hydrogens (tertiary/aromatic N) is 4. The lowest BCUT2D eigenvalue weighted by molar-refractivity contribution is 0.483. The first-order valence-corrected chi connectivity index (χ1v) is 22.5. The summed E-state index contributed by atoms with van der Waals surface area (Å²) in [7, 11) is 0. The molecule has 0 saturated carbocycles. The first-order valence-electron chi connectivity index (χ1n) is 22.5. The molecule has 0 spiro atoms. The third kappa shape index (κ3) is 7.29. The molecule has 10 aromatic rings. The molecule has 0 amide bonds. The number of rotatable bonds is 8. The van der Waals surface area contributed by atoms with Crippen LogP contribution in [-0.2, 0) is 5.41 Å². The van der Waals surface area contributed by atoms with Crippen LogP contribution < -0.4 is 14.5 Å². The summed E-state index contributed by atoms with van der Waals surface area (Å²) in [6.07, 6.45) is 1.95. The van der Waals surface area contributed by atoms with E-state index in [1.807, 2.05) is 12.3 Å². The van der Waals surface area contributed by atoms with Gasteiger partial charge >= 0.3 is 0 Å². The molecule has 0 radical (unpaired) electrons. The summed E-state index contributed by atoms with van der Waals surface area (Å²) in [5.41, 5.74) is 17.7. The van der Waals surface area contributed by atoms with Crippen molar-refractivity contribution in [3.63, 3.8) is 0 Å². The third-order valence-electron chi connectivity index (χ3n) is 12.9. The molecule has 0 N–H and O–H groups in total. The van der Waals surface area contributed by atoms with Gasteiger partial charge in [0.15, 0.2) is 0 Å². The standard InChI is InChI=1S/C60H50N4O/c1-40-34-45(42-16-8-6-9-17-42)35-41(2)58(40)44-32-33-61-57(36-44)64-56-38-50(30-31-52(56)53-23-15-22-51(59(53)64)43-18-10-7-11-19-43)65-49-21-14-20-48(37-49)63-39-62(54-24-12-13-25-55(54)63)47-28-26-46(27-29-47)60(3,4)5/h6-38H,39H2,1-5H3. The van der Waals surface area contributed by atoms with Gasteiger partial charge < -0.3 is 14.5 Å². The molecule has 8 aromatic carbocycles. The van der Waals surface area contributed by atoms with Gasteiger partial charge in [0.25, 0.3) is 0 Å². The molecule has 0 saturated heterocycles. The maximum Gasteiger partial charge on any atom is 0.138 e. The van der Waals surface area contributed by atoms with E-state index in [0.717, 1.165) is 67.2 Å². The summed E-state index contributed by atoms with van der Waals surface area (Å²) in [5, 5.41) is 2.29. The van der Waals surface area contributed by atoms with E-state index in [1.54, 1.807) is 0 Å². The number of anilines is 4. The molecule has 11 rings (SSSR count). The van der Waals surface area contributed by atoms with Gasteiger partial charge in [-0.25, -0.2) is 4.98 Å². The molecule has 0 aliphatic carbocycles. The zero-order valence-electron chi connectivity index (χ0n) is 37.5. The topological polar surface area (TPSA) is 33.5 Å². The molecule has 0 unspecified atom stereocenters. The van der Waals surface area contributed by atoms with Crippen LogP contribution in [0.2, 0.25) is 0 Å². The van der Waals surface area contributed by atoms with Gasteiger partial charge in [-0.1, -0.05) is 142 Å². The summed E-state index contributed by atoms with van der Waals surface area (Å²) < 4.78 is 9.16. The van der Waals surface area contributed by atoms with Crippen LogP contribution in [0.4, 0.5) is 22.7 Å². The fraction of sp³-hybridized carbons (Fsp3) is 0.117. The molecule has 5 nitrogen and oxygen atoms in total. The van der Waals surface area contributed by atoms with Crippen LogP contribution in [0.25, 0.3) is 61.0 Å². The van der Waals surface area contributed by atoms with E-state index in [0.29, 0.717) is 6.67 Å². The van der Waals surface area contributed by atoms with E-state index < -0.39 is 0 Å². The Bertz CT molecular complexity index is 3360. The maximum absolute atomic E-state index is 6.83. The Balaban J connectivity index is 0.986. The number of para-hydroxylation sites is 3. The minimum atomic E-state index is 0.0943. The lowest BCUT2D eigenvalue weighted by Gasteiger charge is -2.24. The highest BCUT2D eigenvalue weighted by Crippen LogP contribution is 2.46. The number of hydrogen-bond donors (Lipinski definition) is 0. The molecule has 1 aliphatic heterocycles. The second-order valence-electron chi connectivity index (χ2n) is 18.2. The van der Waals surface area contributed by atoms with Crippen molar-refractivity contribution in [2.24, 2.45) is 0 Å². The molecule has 0 bridgehead atoms. The second-order valence-corrected chi connectivity index (χ2v) is 18.2. The van der Waals surface area contributed by atoms with E-state index in [9.17, 15) is 0 Å². The van der Waals surface area contributed by atoms with Crippen molar-refractivity contribution < 1.29 is 4.74 Å². The van der Waals surface area contributed by atoms with Crippen LogP contribution >= 0.6 is 0 Å². The fourth-order valence-corrected chi connectivity index (χ4v) is 9.76. The minimum Gasteiger partial charge on any atom is -0.457 e. The predicted octanol–water partition coefficient (Wildman–Crippen LogP) is 16.1. The van der Waals surface area contributed by atoms with Crippen LogP contribution in [0.5, 0.6) is 11.5 Å². The fourth-order valence-electron chi connectivity index (χ4n) is 9.76. The van der Waals surface area contributed by atoms with Crippen molar-refractivity contribution in [2.45, 2.75) is 40.0 Å². The lowest BCUT2D eigenvalue weighted by atomic mass is 9.87. The van der Waals surface area contributed by atoms with Crippen molar-refractivity contribution in [3.8, 4) is 50.7 Å². The number of ether oxygens (including phenoxy) is 1. The summed E-state index contributed by atoms with van der Waals surface area (Å²) in [4.78, 5) is 9.86. The van der Waals surface area contributed by atoms with Crippen molar-refractivity contribution in [2.75, 3.05) is 16.5 Å². The highest BCUT2D eigenvalue weighted by Gasteiger charge is 2.28. The largest absolute Gasteiger partial charge is 0.457 e. The first-order chi connectivity index (χ1) is 31.7. The normalized spacial score (nSPS) is 12.6. The van der Waals surface area contributed by atoms with Crippen LogP contribution in [0.1, 0.15) is 37.5 Å². The lowest BCUT2D eigenvalue weighted by Crippen LogP contribution is -2.24. The number of aromatic nitrogens is 2.